The summed E-state index contributed by atoms with van der Waals surface area (Å²) in [7, 11) is 0. The average molecular weight is 488 g/mol. The number of amides is 1. The normalized spacial score (nSPS) is 19.7. The molecule has 5 rings (SSSR count). The molecule has 3 aromatic rings. The van der Waals surface area contributed by atoms with Crippen LogP contribution >= 0.6 is 0 Å². The van der Waals surface area contributed by atoms with Gasteiger partial charge in [0.05, 0.1) is 18.5 Å². The van der Waals surface area contributed by atoms with Gasteiger partial charge in [0.2, 0.25) is 17.6 Å². The van der Waals surface area contributed by atoms with E-state index in [4.69, 9.17) is 4.52 Å². The van der Waals surface area contributed by atoms with Gasteiger partial charge in [-0.2, -0.15) is 4.98 Å². The Bertz CT molecular complexity index is 1150. The highest BCUT2D eigenvalue weighted by Gasteiger charge is 2.28. The first-order valence-corrected chi connectivity index (χ1v) is 13.3. The van der Waals surface area contributed by atoms with Crippen LogP contribution in [0.5, 0.6) is 0 Å². The molecule has 2 fully saturated rings. The number of rotatable bonds is 7. The monoisotopic (exact) mass is 487 g/mol. The van der Waals surface area contributed by atoms with Gasteiger partial charge in [-0.25, -0.2) is 0 Å². The second-order valence-corrected chi connectivity index (χ2v) is 10.3. The van der Waals surface area contributed by atoms with Crippen molar-refractivity contribution in [2.75, 3.05) is 31.1 Å². The van der Waals surface area contributed by atoms with Crippen LogP contribution in [0.25, 0.3) is 11.4 Å². The molecule has 7 nitrogen and oxygen atoms in total. The topological polar surface area (TPSA) is 74.5 Å². The van der Waals surface area contributed by atoms with Gasteiger partial charge in [-0.3, -0.25) is 9.69 Å². The second kappa shape index (κ2) is 11.2. The predicted octanol–water partition coefficient (Wildman–Crippen LogP) is 5.12. The summed E-state index contributed by atoms with van der Waals surface area (Å²) in [6, 6.07) is 16.8. The van der Waals surface area contributed by atoms with E-state index in [-0.39, 0.29) is 17.9 Å². The maximum atomic E-state index is 13.1. The Balaban J connectivity index is 1.14. The Morgan fingerprint density at radius 1 is 1.08 bits per heavy atom. The Morgan fingerprint density at radius 3 is 2.67 bits per heavy atom. The highest BCUT2D eigenvalue weighted by atomic mass is 16.5. The van der Waals surface area contributed by atoms with E-state index in [0.717, 1.165) is 49.2 Å². The minimum Gasteiger partial charge on any atom is -0.372 e. The van der Waals surface area contributed by atoms with Crippen LogP contribution in [-0.4, -0.2) is 47.1 Å². The molecule has 2 saturated heterocycles. The molecule has 7 heteroatoms. The number of nitrogens with zero attached hydrogens (tertiary/aromatic N) is 4. The van der Waals surface area contributed by atoms with Crippen LogP contribution in [0.2, 0.25) is 0 Å². The average Bonchev–Trinajstić information content (AvgIpc) is 3.38. The first kappa shape index (κ1) is 24.5. The van der Waals surface area contributed by atoms with Gasteiger partial charge in [0.15, 0.2) is 0 Å². The molecule has 0 saturated carbocycles. The van der Waals surface area contributed by atoms with Crippen molar-refractivity contribution >= 4 is 11.6 Å². The molecule has 2 aliphatic heterocycles. The summed E-state index contributed by atoms with van der Waals surface area (Å²) in [6.07, 6.45) is 5.76. The van der Waals surface area contributed by atoms with Gasteiger partial charge in [0.25, 0.3) is 0 Å². The summed E-state index contributed by atoms with van der Waals surface area (Å²) in [4.78, 5) is 22.4. The first-order valence-electron chi connectivity index (χ1n) is 13.3. The molecule has 0 radical (unpaired) electrons. The highest BCUT2D eigenvalue weighted by Crippen LogP contribution is 2.24. The van der Waals surface area contributed by atoms with E-state index in [0.29, 0.717) is 24.8 Å². The number of carbonyl (C=O) groups excluding carboxylic acids is 1. The number of likely N-dealkylation sites (tertiary alicyclic amines) is 1. The van der Waals surface area contributed by atoms with Crippen molar-refractivity contribution in [3.8, 4) is 11.4 Å². The first-order chi connectivity index (χ1) is 17.5. The lowest BCUT2D eigenvalue weighted by molar-refractivity contribution is -0.127. The number of piperidine rings is 2. The molecule has 0 aliphatic carbocycles. The van der Waals surface area contributed by atoms with E-state index in [9.17, 15) is 4.79 Å². The number of anilines is 1. The Labute approximate surface area is 213 Å². The highest BCUT2D eigenvalue weighted by molar-refractivity contribution is 5.79. The number of aryl methyl sites for hydroxylation is 1. The summed E-state index contributed by atoms with van der Waals surface area (Å²) in [6.45, 7) is 8.60. The zero-order valence-corrected chi connectivity index (χ0v) is 21.4. The Kier molecular flexibility index (Phi) is 7.66. The molecule has 1 aromatic heterocycles. The van der Waals surface area contributed by atoms with Crippen LogP contribution < -0.4 is 10.2 Å². The third-order valence-corrected chi connectivity index (χ3v) is 7.45. The van der Waals surface area contributed by atoms with Gasteiger partial charge in [-0.15, -0.1) is 0 Å². The SMILES string of the molecule is Cc1cccc(-c2noc(CN3CCCC(C(=O)NC(C)c4ccc(N5CCCCC5)cc4)C3)n2)c1. The van der Waals surface area contributed by atoms with Crippen molar-refractivity contribution in [1.82, 2.24) is 20.4 Å². The summed E-state index contributed by atoms with van der Waals surface area (Å²) < 4.78 is 5.53. The molecule has 2 aromatic carbocycles. The Hall–Kier alpha value is -3.19. The molecule has 2 aliphatic rings. The third-order valence-electron chi connectivity index (χ3n) is 7.45. The van der Waals surface area contributed by atoms with Gasteiger partial charge in [0.1, 0.15) is 0 Å². The lowest BCUT2D eigenvalue weighted by Crippen LogP contribution is -2.43. The number of carbonyl (C=O) groups is 1. The maximum absolute atomic E-state index is 13.1. The van der Waals surface area contributed by atoms with Gasteiger partial charge >= 0.3 is 0 Å². The van der Waals surface area contributed by atoms with Crippen molar-refractivity contribution in [2.45, 2.75) is 58.5 Å². The van der Waals surface area contributed by atoms with Crippen LogP contribution in [0.3, 0.4) is 0 Å². The molecule has 190 valence electrons. The summed E-state index contributed by atoms with van der Waals surface area (Å²) in [5.74, 6) is 1.29. The smallest absolute Gasteiger partial charge is 0.241 e. The molecule has 0 bridgehead atoms. The van der Waals surface area contributed by atoms with E-state index in [1.165, 1.54) is 24.9 Å². The van der Waals surface area contributed by atoms with Crippen molar-refractivity contribution < 1.29 is 9.32 Å². The van der Waals surface area contributed by atoms with Crippen LogP contribution in [0, 0.1) is 12.8 Å². The predicted molar refractivity (Wildman–Crippen MR) is 142 cm³/mol. The fourth-order valence-electron chi connectivity index (χ4n) is 5.37. The molecule has 3 heterocycles. The van der Waals surface area contributed by atoms with Gasteiger partial charge in [-0.1, -0.05) is 41.1 Å². The maximum Gasteiger partial charge on any atom is 0.241 e. The lowest BCUT2D eigenvalue weighted by Gasteiger charge is -2.31. The van der Waals surface area contributed by atoms with Crippen LogP contribution in [-0.2, 0) is 11.3 Å². The number of aromatic nitrogens is 2. The number of benzene rings is 2. The van der Waals surface area contributed by atoms with E-state index in [1.54, 1.807) is 0 Å². The van der Waals surface area contributed by atoms with E-state index in [2.05, 4.69) is 75.5 Å². The fraction of sp³-hybridized carbons (Fsp3) is 0.483. The summed E-state index contributed by atoms with van der Waals surface area (Å²) >= 11 is 0. The summed E-state index contributed by atoms with van der Waals surface area (Å²) in [5, 5.41) is 7.41. The van der Waals surface area contributed by atoms with Crippen LogP contribution in [0.1, 0.15) is 62.1 Å². The fourth-order valence-corrected chi connectivity index (χ4v) is 5.37. The minimum atomic E-state index is -0.0343. The van der Waals surface area contributed by atoms with Gasteiger partial charge in [-0.05, 0) is 76.3 Å². The quantitative estimate of drug-likeness (QED) is 0.498. The molecular weight excluding hydrogens is 450 g/mol. The zero-order valence-electron chi connectivity index (χ0n) is 21.4. The molecular formula is C29H37N5O2. The van der Waals surface area contributed by atoms with Gasteiger partial charge < -0.3 is 14.7 Å². The standard InChI is InChI=1S/C29H37N5O2/c1-21-8-6-9-24(18-21)28-31-27(36-32-28)20-33-15-7-10-25(19-33)29(35)30-22(2)23-11-13-26(14-12-23)34-16-4-3-5-17-34/h6,8-9,11-14,18,22,25H,3-5,7,10,15-17,19-20H2,1-2H3,(H,30,35). The van der Waals surface area contributed by atoms with Crippen molar-refractivity contribution in [2.24, 2.45) is 5.92 Å². The van der Waals surface area contributed by atoms with Crippen molar-refractivity contribution in [3.05, 3.63) is 65.5 Å². The summed E-state index contributed by atoms with van der Waals surface area (Å²) in [5.41, 5.74) is 4.55. The molecule has 2 atom stereocenters. The second-order valence-electron chi connectivity index (χ2n) is 10.3. The van der Waals surface area contributed by atoms with Crippen LogP contribution in [0.15, 0.2) is 53.1 Å². The number of hydrogen-bond donors (Lipinski definition) is 1. The molecule has 1 N–H and O–H groups in total. The molecule has 2 unspecified atom stereocenters. The molecule has 36 heavy (non-hydrogen) atoms. The number of hydrogen-bond acceptors (Lipinski definition) is 6. The van der Waals surface area contributed by atoms with E-state index in [1.807, 2.05) is 12.1 Å². The number of nitrogens with one attached hydrogen (secondary N) is 1. The largest absolute Gasteiger partial charge is 0.372 e. The van der Waals surface area contributed by atoms with Crippen molar-refractivity contribution in [1.29, 1.82) is 0 Å². The molecule has 1 amide bonds. The van der Waals surface area contributed by atoms with E-state index < -0.39 is 0 Å². The van der Waals surface area contributed by atoms with Gasteiger partial charge in [0, 0.05) is 30.9 Å². The lowest BCUT2D eigenvalue weighted by atomic mass is 9.96. The molecule has 0 spiro atoms. The zero-order chi connectivity index (χ0) is 24.9. The van der Waals surface area contributed by atoms with Crippen LogP contribution in [0.4, 0.5) is 5.69 Å². The minimum absolute atomic E-state index is 0.0175. The van der Waals surface area contributed by atoms with Crippen molar-refractivity contribution in [3.63, 3.8) is 0 Å². The van der Waals surface area contributed by atoms with E-state index >= 15 is 0 Å². The third kappa shape index (κ3) is 5.95. The Morgan fingerprint density at radius 2 is 1.89 bits per heavy atom.